The summed E-state index contributed by atoms with van der Waals surface area (Å²) >= 11 is 5.75. The van der Waals surface area contributed by atoms with E-state index in [1.54, 1.807) is 25.3 Å². The molecular formula is C13H15ClO3. The summed E-state index contributed by atoms with van der Waals surface area (Å²) < 4.78 is 9.80. The average molecular weight is 255 g/mol. The zero-order valence-corrected chi connectivity index (χ0v) is 10.4. The van der Waals surface area contributed by atoms with Crippen molar-refractivity contribution in [2.24, 2.45) is 0 Å². The SMILES string of the molecule is COCCCOC(=O)/C=C/c1ccc(Cl)cc1. The number of esters is 1. The van der Waals surface area contributed by atoms with Crippen molar-refractivity contribution in [3.05, 3.63) is 40.9 Å². The van der Waals surface area contributed by atoms with Gasteiger partial charge in [0.1, 0.15) is 0 Å². The lowest BCUT2D eigenvalue weighted by Gasteiger charge is -2.00. The van der Waals surface area contributed by atoms with Gasteiger partial charge in [0, 0.05) is 31.2 Å². The van der Waals surface area contributed by atoms with Crippen molar-refractivity contribution in [1.29, 1.82) is 0 Å². The molecule has 0 aliphatic heterocycles. The molecule has 0 fully saturated rings. The number of carbonyl (C=O) groups excluding carboxylic acids is 1. The lowest BCUT2D eigenvalue weighted by molar-refractivity contribution is -0.138. The third-order valence-electron chi connectivity index (χ3n) is 2.02. The van der Waals surface area contributed by atoms with Crippen LogP contribution in [0.2, 0.25) is 5.02 Å². The molecule has 0 saturated heterocycles. The Bertz CT molecular complexity index is 371. The van der Waals surface area contributed by atoms with Crippen molar-refractivity contribution in [3.63, 3.8) is 0 Å². The van der Waals surface area contributed by atoms with Crippen LogP contribution in [0.15, 0.2) is 30.3 Å². The molecule has 0 aliphatic rings. The van der Waals surface area contributed by atoms with Gasteiger partial charge in [-0.15, -0.1) is 0 Å². The Morgan fingerprint density at radius 1 is 1.29 bits per heavy atom. The number of hydrogen-bond donors (Lipinski definition) is 0. The second-order valence-electron chi connectivity index (χ2n) is 3.40. The summed E-state index contributed by atoms with van der Waals surface area (Å²) in [5.41, 5.74) is 0.906. The largest absolute Gasteiger partial charge is 0.462 e. The fourth-order valence-corrected chi connectivity index (χ4v) is 1.29. The molecule has 92 valence electrons. The van der Waals surface area contributed by atoms with Crippen LogP contribution in [0.25, 0.3) is 6.08 Å². The summed E-state index contributed by atoms with van der Waals surface area (Å²) in [4.78, 5) is 11.3. The second kappa shape index (κ2) is 7.87. The average Bonchev–Trinajstić information content (AvgIpc) is 2.34. The maximum absolute atomic E-state index is 11.3. The molecule has 17 heavy (non-hydrogen) atoms. The quantitative estimate of drug-likeness (QED) is 0.445. The van der Waals surface area contributed by atoms with Gasteiger partial charge in [0.05, 0.1) is 6.61 Å². The number of hydrogen-bond acceptors (Lipinski definition) is 3. The fourth-order valence-electron chi connectivity index (χ4n) is 1.16. The Balaban J connectivity index is 2.32. The van der Waals surface area contributed by atoms with E-state index in [2.05, 4.69) is 0 Å². The zero-order chi connectivity index (χ0) is 12.5. The molecule has 0 spiro atoms. The number of methoxy groups -OCH3 is 1. The summed E-state index contributed by atoms with van der Waals surface area (Å²) in [6.45, 7) is 0.964. The number of rotatable bonds is 6. The Hall–Kier alpha value is -1.32. The molecule has 1 aromatic rings. The summed E-state index contributed by atoms with van der Waals surface area (Å²) in [6.07, 6.45) is 3.79. The van der Waals surface area contributed by atoms with Gasteiger partial charge < -0.3 is 9.47 Å². The standard InChI is InChI=1S/C13H15ClO3/c1-16-9-2-10-17-13(15)8-5-11-3-6-12(14)7-4-11/h3-8H,2,9-10H2,1H3/b8-5+. The summed E-state index contributed by atoms with van der Waals surface area (Å²) in [7, 11) is 1.61. The van der Waals surface area contributed by atoms with E-state index >= 15 is 0 Å². The number of ether oxygens (including phenoxy) is 2. The van der Waals surface area contributed by atoms with E-state index in [1.165, 1.54) is 6.08 Å². The lowest BCUT2D eigenvalue weighted by atomic mass is 10.2. The van der Waals surface area contributed by atoms with Gasteiger partial charge in [-0.2, -0.15) is 0 Å². The topological polar surface area (TPSA) is 35.5 Å². The highest BCUT2D eigenvalue weighted by Crippen LogP contribution is 2.10. The van der Waals surface area contributed by atoms with E-state index in [-0.39, 0.29) is 5.97 Å². The minimum Gasteiger partial charge on any atom is -0.462 e. The molecule has 0 atom stereocenters. The molecule has 0 saturated carbocycles. The molecule has 0 amide bonds. The van der Waals surface area contributed by atoms with Crippen molar-refractivity contribution in [2.45, 2.75) is 6.42 Å². The maximum Gasteiger partial charge on any atom is 0.330 e. The second-order valence-corrected chi connectivity index (χ2v) is 3.84. The maximum atomic E-state index is 11.3. The highest BCUT2D eigenvalue weighted by Gasteiger charge is 1.96. The van der Waals surface area contributed by atoms with E-state index in [9.17, 15) is 4.79 Å². The van der Waals surface area contributed by atoms with Crippen LogP contribution in [-0.2, 0) is 14.3 Å². The van der Waals surface area contributed by atoms with E-state index in [4.69, 9.17) is 21.1 Å². The van der Waals surface area contributed by atoms with E-state index in [0.29, 0.717) is 24.7 Å². The van der Waals surface area contributed by atoms with Gasteiger partial charge in [0.25, 0.3) is 0 Å². The summed E-state index contributed by atoms with van der Waals surface area (Å²) in [5.74, 6) is -0.351. The molecule has 0 unspecified atom stereocenters. The number of carbonyl (C=O) groups is 1. The molecule has 3 nitrogen and oxygen atoms in total. The molecule has 1 rings (SSSR count). The van der Waals surface area contributed by atoms with Crippen LogP contribution < -0.4 is 0 Å². The van der Waals surface area contributed by atoms with Gasteiger partial charge >= 0.3 is 5.97 Å². The van der Waals surface area contributed by atoms with Gasteiger partial charge in [-0.1, -0.05) is 23.7 Å². The lowest BCUT2D eigenvalue weighted by Crippen LogP contribution is -2.04. The van der Waals surface area contributed by atoms with Gasteiger partial charge in [0.15, 0.2) is 0 Å². The Labute approximate surface area is 106 Å². The van der Waals surface area contributed by atoms with Crippen molar-refractivity contribution in [1.82, 2.24) is 0 Å². The highest BCUT2D eigenvalue weighted by atomic mass is 35.5. The van der Waals surface area contributed by atoms with Crippen LogP contribution in [0.1, 0.15) is 12.0 Å². The molecule has 1 aromatic carbocycles. The molecular weight excluding hydrogens is 240 g/mol. The van der Waals surface area contributed by atoms with Crippen LogP contribution >= 0.6 is 11.6 Å². The first-order valence-electron chi connectivity index (χ1n) is 5.31. The predicted molar refractivity (Wildman–Crippen MR) is 67.9 cm³/mol. The number of benzene rings is 1. The van der Waals surface area contributed by atoms with Gasteiger partial charge in [-0.25, -0.2) is 4.79 Å². The Morgan fingerprint density at radius 2 is 2.00 bits per heavy atom. The molecule has 0 N–H and O–H groups in total. The van der Waals surface area contributed by atoms with Gasteiger partial charge in [0.2, 0.25) is 0 Å². The van der Waals surface area contributed by atoms with Crippen LogP contribution in [0.3, 0.4) is 0 Å². The zero-order valence-electron chi connectivity index (χ0n) is 9.69. The van der Waals surface area contributed by atoms with Crippen molar-refractivity contribution >= 4 is 23.6 Å². The van der Waals surface area contributed by atoms with E-state index in [0.717, 1.165) is 5.56 Å². The van der Waals surface area contributed by atoms with Crippen LogP contribution in [0.4, 0.5) is 0 Å². The highest BCUT2D eigenvalue weighted by molar-refractivity contribution is 6.30. The van der Waals surface area contributed by atoms with Crippen molar-refractivity contribution in [2.75, 3.05) is 20.3 Å². The van der Waals surface area contributed by atoms with Crippen molar-refractivity contribution in [3.8, 4) is 0 Å². The Morgan fingerprint density at radius 3 is 2.65 bits per heavy atom. The van der Waals surface area contributed by atoms with Crippen molar-refractivity contribution < 1.29 is 14.3 Å². The first-order valence-corrected chi connectivity index (χ1v) is 5.69. The molecule has 0 radical (unpaired) electrons. The number of halogens is 1. The molecule has 0 aliphatic carbocycles. The molecule has 0 heterocycles. The third kappa shape index (κ3) is 6.09. The van der Waals surface area contributed by atoms with Crippen LogP contribution in [0, 0.1) is 0 Å². The Kier molecular flexibility index (Phi) is 6.37. The van der Waals surface area contributed by atoms with Crippen LogP contribution in [0.5, 0.6) is 0 Å². The van der Waals surface area contributed by atoms with E-state index in [1.807, 2.05) is 12.1 Å². The molecule has 4 heteroatoms. The third-order valence-corrected chi connectivity index (χ3v) is 2.27. The minimum atomic E-state index is -0.351. The van der Waals surface area contributed by atoms with Gasteiger partial charge in [-0.05, 0) is 23.8 Å². The smallest absolute Gasteiger partial charge is 0.330 e. The fraction of sp³-hybridized carbons (Fsp3) is 0.308. The first-order chi connectivity index (χ1) is 8.22. The van der Waals surface area contributed by atoms with Gasteiger partial charge in [-0.3, -0.25) is 0 Å². The predicted octanol–water partition coefficient (Wildman–Crippen LogP) is 2.93. The summed E-state index contributed by atoms with van der Waals surface area (Å²) in [5, 5.41) is 0.671. The van der Waals surface area contributed by atoms with E-state index < -0.39 is 0 Å². The monoisotopic (exact) mass is 254 g/mol. The molecule has 0 aromatic heterocycles. The normalized spacial score (nSPS) is 10.7. The minimum absolute atomic E-state index is 0.351. The molecule has 0 bridgehead atoms. The van der Waals surface area contributed by atoms with Crippen LogP contribution in [-0.4, -0.2) is 26.3 Å². The first kappa shape index (κ1) is 13.7. The summed E-state index contributed by atoms with van der Waals surface area (Å²) in [6, 6.07) is 7.20.